The number of nitrogens with zero attached hydrogens (tertiary/aromatic N) is 6. The summed E-state index contributed by atoms with van der Waals surface area (Å²) in [6, 6.07) is 8.24. The molecule has 0 spiro atoms. The lowest BCUT2D eigenvalue weighted by atomic mass is 10.1. The number of nitrogens with two attached hydrogens (primary N) is 1. The highest BCUT2D eigenvalue weighted by Gasteiger charge is 2.20. The Kier molecular flexibility index (Phi) is 3.54. The molecule has 1 aromatic carbocycles. The number of piperazine rings is 1. The van der Waals surface area contributed by atoms with Gasteiger partial charge in [0.15, 0.2) is 11.2 Å². The number of hydrogen-bond acceptors (Lipinski definition) is 7. The Balaban J connectivity index is 1.61. The van der Waals surface area contributed by atoms with E-state index in [0.29, 0.717) is 5.58 Å². The zero-order chi connectivity index (χ0) is 18.5. The van der Waals surface area contributed by atoms with Crippen LogP contribution in [0.1, 0.15) is 5.56 Å². The highest BCUT2D eigenvalue weighted by atomic mass is 16.4. The van der Waals surface area contributed by atoms with Gasteiger partial charge in [0, 0.05) is 32.4 Å². The minimum Gasteiger partial charge on any atom is -0.424 e. The summed E-state index contributed by atoms with van der Waals surface area (Å²) in [5, 5.41) is 8.88. The van der Waals surface area contributed by atoms with Crippen LogP contribution in [0.15, 0.2) is 34.9 Å². The second-order valence-corrected chi connectivity index (χ2v) is 7.13. The van der Waals surface area contributed by atoms with Crippen molar-refractivity contribution in [2.45, 2.75) is 6.92 Å². The van der Waals surface area contributed by atoms with E-state index < -0.39 is 0 Å². The molecular formula is C19H21N7O. The van der Waals surface area contributed by atoms with Crippen LogP contribution in [-0.4, -0.2) is 57.7 Å². The molecule has 2 N–H and O–H groups in total. The molecule has 8 heteroatoms. The van der Waals surface area contributed by atoms with Gasteiger partial charge in [-0.3, -0.25) is 4.40 Å². The Labute approximate surface area is 156 Å². The monoisotopic (exact) mass is 363 g/mol. The molecule has 1 saturated heterocycles. The van der Waals surface area contributed by atoms with Crippen LogP contribution in [0.25, 0.3) is 27.9 Å². The highest BCUT2D eigenvalue weighted by Crippen LogP contribution is 2.28. The van der Waals surface area contributed by atoms with Crippen molar-refractivity contribution in [3.05, 3.63) is 36.0 Å². The molecule has 5 rings (SSSR count). The summed E-state index contributed by atoms with van der Waals surface area (Å²) in [5.41, 5.74) is 11.2. The molecule has 0 radical (unpaired) electrons. The number of pyridine rings is 1. The highest BCUT2D eigenvalue weighted by molar-refractivity contribution is 5.81. The van der Waals surface area contributed by atoms with E-state index in [2.05, 4.69) is 55.6 Å². The van der Waals surface area contributed by atoms with Crippen LogP contribution in [0, 0.1) is 6.92 Å². The summed E-state index contributed by atoms with van der Waals surface area (Å²) >= 11 is 0. The van der Waals surface area contributed by atoms with Gasteiger partial charge in [-0.1, -0.05) is 6.07 Å². The van der Waals surface area contributed by atoms with Crippen LogP contribution < -0.4 is 10.6 Å². The predicted octanol–water partition coefficient (Wildman–Crippen LogP) is 2.18. The summed E-state index contributed by atoms with van der Waals surface area (Å²) in [6.07, 6.45) is 2.09. The molecule has 1 aliphatic rings. The van der Waals surface area contributed by atoms with Gasteiger partial charge in [0.2, 0.25) is 5.95 Å². The first-order valence-electron chi connectivity index (χ1n) is 9.04. The topological polar surface area (TPSA) is 88.7 Å². The second-order valence-electron chi connectivity index (χ2n) is 7.13. The minimum absolute atomic E-state index is 0.185. The van der Waals surface area contributed by atoms with Crippen LogP contribution in [0.4, 0.5) is 12.0 Å². The number of oxazole rings is 1. The number of fused-ring (bicyclic) bond motifs is 2. The maximum absolute atomic E-state index is 5.67. The molecule has 0 unspecified atom stereocenters. The maximum atomic E-state index is 5.67. The van der Waals surface area contributed by atoms with Crippen LogP contribution in [0.5, 0.6) is 0 Å². The average molecular weight is 363 g/mol. The van der Waals surface area contributed by atoms with Crippen LogP contribution >= 0.6 is 0 Å². The summed E-state index contributed by atoms with van der Waals surface area (Å²) < 4.78 is 7.58. The zero-order valence-electron chi connectivity index (χ0n) is 15.4. The largest absolute Gasteiger partial charge is 0.424 e. The van der Waals surface area contributed by atoms with Crippen molar-refractivity contribution in [3.8, 4) is 11.1 Å². The van der Waals surface area contributed by atoms with Gasteiger partial charge < -0.3 is 20.0 Å². The normalized spacial score (nSPS) is 15.9. The fourth-order valence-electron chi connectivity index (χ4n) is 3.65. The lowest BCUT2D eigenvalue weighted by Crippen LogP contribution is -2.45. The lowest BCUT2D eigenvalue weighted by Gasteiger charge is -2.32. The molecular weight excluding hydrogens is 342 g/mol. The quantitative estimate of drug-likeness (QED) is 0.584. The van der Waals surface area contributed by atoms with E-state index in [0.717, 1.165) is 60.0 Å². The maximum Gasteiger partial charge on any atom is 0.292 e. The Bertz CT molecular complexity index is 1140. The number of aromatic nitrogens is 4. The van der Waals surface area contributed by atoms with Crippen molar-refractivity contribution in [2.75, 3.05) is 43.9 Å². The lowest BCUT2D eigenvalue weighted by molar-refractivity contribution is 0.311. The molecule has 1 fully saturated rings. The zero-order valence-corrected chi connectivity index (χ0v) is 15.4. The Morgan fingerprint density at radius 2 is 1.85 bits per heavy atom. The minimum atomic E-state index is 0.185. The third-order valence-corrected chi connectivity index (χ3v) is 5.20. The predicted molar refractivity (Wildman–Crippen MR) is 105 cm³/mol. The van der Waals surface area contributed by atoms with E-state index in [4.69, 9.17) is 10.2 Å². The van der Waals surface area contributed by atoms with E-state index >= 15 is 0 Å². The average Bonchev–Trinajstić information content (AvgIpc) is 3.24. The van der Waals surface area contributed by atoms with Gasteiger partial charge in [-0.05, 0) is 48.9 Å². The van der Waals surface area contributed by atoms with Crippen molar-refractivity contribution in [3.63, 3.8) is 0 Å². The van der Waals surface area contributed by atoms with Gasteiger partial charge in [0.05, 0.1) is 0 Å². The van der Waals surface area contributed by atoms with E-state index in [9.17, 15) is 0 Å². The third kappa shape index (κ3) is 2.69. The number of aryl methyl sites for hydroxylation is 1. The van der Waals surface area contributed by atoms with Crippen LogP contribution in [0.3, 0.4) is 0 Å². The molecule has 8 nitrogen and oxygen atoms in total. The number of nitrogen functional groups attached to an aromatic ring is 1. The number of benzene rings is 1. The molecule has 4 aromatic rings. The van der Waals surface area contributed by atoms with E-state index in [1.165, 1.54) is 0 Å². The molecule has 138 valence electrons. The van der Waals surface area contributed by atoms with Crippen molar-refractivity contribution in [2.24, 2.45) is 0 Å². The number of hydrogen-bond donors (Lipinski definition) is 1. The number of anilines is 2. The van der Waals surface area contributed by atoms with E-state index in [1.807, 2.05) is 18.2 Å². The van der Waals surface area contributed by atoms with Gasteiger partial charge in [-0.15, -0.1) is 10.2 Å². The number of rotatable bonds is 2. The smallest absolute Gasteiger partial charge is 0.292 e. The SMILES string of the molecule is Cc1cc(-c2ccc3nc(N)oc3c2)cn2c(N3CCN(C)CC3)nnc12. The Morgan fingerprint density at radius 3 is 2.67 bits per heavy atom. The van der Waals surface area contributed by atoms with E-state index in [1.54, 1.807) is 0 Å². The molecule has 0 bridgehead atoms. The van der Waals surface area contributed by atoms with E-state index in [-0.39, 0.29) is 6.01 Å². The van der Waals surface area contributed by atoms with Crippen molar-refractivity contribution >= 4 is 28.7 Å². The summed E-state index contributed by atoms with van der Waals surface area (Å²) in [7, 11) is 2.15. The van der Waals surface area contributed by atoms with Crippen LogP contribution in [-0.2, 0) is 0 Å². The molecule has 0 amide bonds. The van der Waals surface area contributed by atoms with Gasteiger partial charge in [-0.25, -0.2) is 0 Å². The molecule has 27 heavy (non-hydrogen) atoms. The van der Waals surface area contributed by atoms with Gasteiger partial charge >= 0.3 is 0 Å². The third-order valence-electron chi connectivity index (χ3n) is 5.20. The van der Waals surface area contributed by atoms with Crippen molar-refractivity contribution in [1.82, 2.24) is 24.5 Å². The first kappa shape index (κ1) is 16.1. The number of likely N-dealkylation sites (N-methyl/N-ethyl adjacent to an activating group) is 1. The van der Waals surface area contributed by atoms with Gasteiger partial charge in [-0.2, -0.15) is 4.98 Å². The van der Waals surface area contributed by atoms with Gasteiger partial charge in [0.25, 0.3) is 6.01 Å². The molecule has 0 saturated carbocycles. The standard InChI is InChI=1S/C19H21N7O/c1-12-9-14(13-3-4-15-16(10-13)27-18(20)21-15)11-26-17(12)22-23-19(26)25-7-5-24(2)6-8-25/h3-4,9-11H,5-8H2,1-2H3,(H2,20,21). The molecule has 0 aliphatic carbocycles. The molecule has 1 aliphatic heterocycles. The van der Waals surface area contributed by atoms with Gasteiger partial charge in [0.1, 0.15) is 5.52 Å². The van der Waals surface area contributed by atoms with Crippen LogP contribution in [0.2, 0.25) is 0 Å². The molecule has 3 aromatic heterocycles. The second kappa shape index (κ2) is 5.95. The first-order chi connectivity index (χ1) is 13.1. The fraction of sp³-hybridized carbons (Fsp3) is 0.316. The summed E-state index contributed by atoms with van der Waals surface area (Å²) in [4.78, 5) is 8.79. The first-order valence-corrected chi connectivity index (χ1v) is 9.04. The summed E-state index contributed by atoms with van der Waals surface area (Å²) in [5.74, 6) is 0.896. The Morgan fingerprint density at radius 1 is 1.04 bits per heavy atom. The Hall–Kier alpha value is -3.13. The molecule has 4 heterocycles. The van der Waals surface area contributed by atoms with Crippen molar-refractivity contribution in [1.29, 1.82) is 0 Å². The fourth-order valence-corrected chi connectivity index (χ4v) is 3.65. The summed E-state index contributed by atoms with van der Waals surface area (Å²) in [6.45, 7) is 6.01. The van der Waals surface area contributed by atoms with Crippen molar-refractivity contribution < 1.29 is 4.42 Å². The molecule has 0 atom stereocenters.